The molecule has 0 spiro atoms. The lowest BCUT2D eigenvalue weighted by molar-refractivity contribution is -0.128. The summed E-state index contributed by atoms with van der Waals surface area (Å²) >= 11 is 0. The van der Waals surface area contributed by atoms with E-state index in [1.165, 1.54) is 12.1 Å². The average Bonchev–Trinajstić information content (AvgIpc) is 3.09. The largest absolute Gasteiger partial charge is 0.352 e. The summed E-state index contributed by atoms with van der Waals surface area (Å²) in [4.78, 5) is 30.5. The molecule has 2 aromatic rings. The van der Waals surface area contributed by atoms with Crippen LogP contribution in [0.3, 0.4) is 0 Å². The molecule has 0 bridgehead atoms. The van der Waals surface area contributed by atoms with Gasteiger partial charge in [-0.05, 0) is 17.7 Å². The van der Waals surface area contributed by atoms with Crippen LogP contribution in [-0.2, 0) is 23.2 Å². The lowest BCUT2D eigenvalue weighted by atomic mass is 9.98. The molecule has 24 heavy (non-hydrogen) atoms. The van der Waals surface area contributed by atoms with Crippen LogP contribution >= 0.6 is 0 Å². The highest BCUT2D eigenvalue weighted by molar-refractivity contribution is 5.90. The van der Waals surface area contributed by atoms with E-state index in [0.29, 0.717) is 11.4 Å². The highest BCUT2D eigenvalue weighted by Crippen LogP contribution is 2.36. The van der Waals surface area contributed by atoms with Crippen molar-refractivity contribution < 1.29 is 14.0 Å². The van der Waals surface area contributed by atoms with E-state index in [9.17, 15) is 14.0 Å². The third-order valence-corrected chi connectivity index (χ3v) is 4.40. The Hall–Kier alpha value is -2.70. The van der Waals surface area contributed by atoms with Crippen molar-refractivity contribution in [1.82, 2.24) is 19.8 Å². The van der Waals surface area contributed by atoms with Gasteiger partial charge in [-0.1, -0.05) is 12.1 Å². The Morgan fingerprint density at radius 1 is 1.42 bits per heavy atom. The summed E-state index contributed by atoms with van der Waals surface area (Å²) < 4.78 is 15.0. The van der Waals surface area contributed by atoms with Crippen molar-refractivity contribution in [3.8, 4) is 0 Å². The number of rotatable bonds is 4. The van der Waals surface area contributed by atoms with Crippen LogP contribution in [0.15, 0.2) is 36.7 Å². The predicted octanol–water partition coefficient (Wildman–Crippen LogP) is 1.39. The molecule has 2 atom stereocenters. The summed E-state index contributed by atoms with van der Waals surface area (Å²) in [5.74, 6) is -0.506. The van der Waals surface area contributed by atoms with Gasteiger partial charge >= 0.3 is 0 Å². The van der Waals surface area contributed by atoms with Crippen molar-refractivity contribution >= 4 is 11.8 Å². The van der Waals surface area contributed by atoms with Crippen LogP contribution in [0.2, 0.25) is 0 Å². The van der Waals surface area contributed by atoms with E-state index in [1.54, 1.807) is 36.5 Å². The van der Waals surface area contributed by atoms with Crippen molar-refractivity contribution in [3.05, 3.63) is 53.9 Å². The Labute approximate surface area is 139 Å². The third kappa shape index (κ3) is 3.02. The molecule has 2 heterocycles. The second-order valence-electron chi connectivity index (χ2n) is 6.00. The minimum absolute atomic E-state index is 0.0890. The van der Waals surface area contributed by atoms with E-state index >= 15 is 0 Å². The van der Waals surface area contributed by atoms with Gasteiger partial charge in [0.1, 0.15) is 17.7 Å². The van der Waals surface area contributed by atoms with E-state index in [2.05, 4.69) is 10.3 Å². The maximum atomic E-state index is 13.2. The molecular weight excluding hydrogens is 311 g/mol. The number of hydrogen-bond donors (Lipinski definition) is 1. The van der Waals surface area contributed by atoms with Gasteiger partial charge in [-0.25, -0.2) is 9.37 Å². The molecule has 2 amide bonds. The first-order chi connectivity index (χ1) is 11.5. The monoisotopic (exact) mass is 330 g/mol. The lowest BCUT2D eigenvalue weighted by Crippen LogP contribution is -2.35. The van der Waals surface area contributed by atoms with E-state index in [-0.39, 0.29) is 30.6 Å². The van der Waals surface area contributed by atoms with Crippen molar-refractivity contribution in [2.75, 3.05) is 7.05 Å². The Morgan fingerprint density at radius 2 is 2.21 bits per heavy atom. The summed E-state index contributed by atoms with van der Waals surface area (Å²) in [6.45, 7) is 0.221. The van der Waals surface area contributed by atoms with E-state index in [1.807, 2.05) is 11.6 Å². The summed E-state index contributed by atoms with van der Waals surface area (Å²) in [5.41, 5.74) is 0.676. The fraction of sp³-hybridized carbons (Fsp3) is 0.353. The first-order valence-electron chi connectivity index (χ1n) is 7.72. The molecule has 3 rings (SSSR count). The molecule has 0 unspecified atom stereocenters. The SMILES string of the molecule is CN1C(=O)C[C@H](C(=O)NCc2cccc(F)c2)[C@H]1c1nccn1C. The van der Waals surface area contributed by atoms with Crippen LogP contribution in [0.1, 0.15) is 23.9 Å². The molecule has 0 saturated carbocycles. The van der Waals surface area contributed by atoms with Gasteiger partial charge in [0, 0.05) is 39.5 Å². The number of aryl methyl sites for hydroxylation is 1. The number of benzene rings is 1. The van der Waals surface area contributed by atoms with Crippen LogP contribution in [0.5, 0.6) is 0 Å². The Bertz CT molecular complexity index is 773. The molecule has 0 aliphatic carbocycles. The molecule has 7 heteroatoms. The highest BCUT2D eigenvalue weighted by atomic mass is 19.1. The second-order valence-corrected chi connectivity index (χ2v) is 6.00. The number of nitrogens with zero attached hydrogens (tertiary/aromatic N) is 3. The fourth-order valence-corrected chi connectivity index (χ4v) is 3.09. The first-order valence-corrected chi connectivity index (χ1v) is 7.72. The average molecular weight is 330 g/mol. The maximum Gasteiger partial charge on any atom is 0.226 e. The zero-order valence-electron chi connectivity index (χ0n) is 13.6. The molecule has 1 N–H and O–H groups in total. The van der Waals surface area contributed by atoms with Crippen LogP contribution in [0, 0.1) is 11.7 Å². The lowest BCUT2D eigenvalue weighted by Gasteiger charge is -2.24. The minimum Gasteiger partial charge on any atom is -0.352 e. The van der Waals surface area contributed by atoms with E-state index in [4.69, 9.17) is 0 Å². The van der Waals surface area contributed by atoms with Crippen LogP contribution in [0.25, 0.3) is 0 Å². The van der Waals surface area contributed by atoms with Gasteiger partial charge < -0.3 is 14.8 Å². The number of halogens is 1. The quantitative estimate of drug-likeness (QED) is 0.921. The zero-order chi connectivity index (χ0) is 17.3. The number of amides is 2. The molecule has 1 aromatic heterocycles. The molecule has 126 valence electrons. The van der Waals surface area contributed by atoms with Crippen LogP contribution < -0.4 is 5.32 Å². The number of hydrogen-bond acceptors (Lipinski definition) is 3. The molecule has 1 aliphatic rings. The maximum absolute atomic E-state index is 13.2. The second kappa shape index (κ2) is 6.43. The molecule has 1 aliphatic heterocycles. The molecule has 1 aromatic carbocycles. The van der Waals surface area contributed by atoms with Gasteiger partial charge in [0.05, 0.1) is 5.92 Å². The van der Waals surface area contributed by atoms with Crippen molar-refractivity contribution in [3.63, 3.8) is 0 Å². The zero-order valence-corrected chi connectivity index (χ0v) is 13.6. The molecule has 1 fully saturated rings. The minimum atomic E-state index is -0.517. The van der Waals surface area contributed by atoms with Crippen molar-refractivity contribution in [2.45, 2.75) is 19.0 Å². The summed E-state index contributed by atoms with van der Waals surface area (Å²) in [7, 11) is 3.52. The van der Waals surface area contributed by atoms with Gasteiger partial charge in [0.2, 0.25) is 11.8 Å². The number of nitrogens with one attached hydrogen (secondary N) is 1. The number of imidazole rings is 1. The molecule has 1 saturated heterocycles. The Balaban J connectivity index is 1.75. The number of carbonyl (C=O) groups is 2. The molecule has 0 radical (unpaired) electrons. The fourth-order valence-electron chi connectivity index (χ4n) is 3.09. The van der Waals surface area contributed by atoms with E-state index < -0.39 is 12.0 Å². The topological polar surface area (TPSA) is 67.2 Å². The van der Waals surface area contributed by atoms with E-state index in [0.717, 1.165) is 0 Å². The molecular formula is C17H19FN4O2. The van der Waals surface area contributed by atoms with Gasteiger partial charge in [-0.3, -0.25) is 9.59 Å². The smallest absolute Gasteiger partial charge is 0.226 e. The summed E-state index contributed by atoms with van der Waals surface area (Å²) in [6.07, 6.45) is 3.57. The third-order valence-electron chi connectivity index (χ3n) is 4.40. The van der Waals surface area contributed by atoms with Crippen molar-refractivity contribution in [2.24, 2.45) is 13.0 Å². The van der Waals surface area contributed by atoms with Gasteiger partial charge in [-0.2, -0.15) is 0 Å². The Morgan fingerprint density at radius 3 is 2.88 bits per heavy atom. The predicted molar refractivity (Wildman–Crippen MR) is 85.1 cm³/mol. The molecule has 6 nitrogen and oxygen atoms in total. The van der Waals surface area contributed by atoms with Gasteiger partial charge in [0.15, 0.2) is 0 Å². The summed E-state index contributed by atoms with van der Waals surface area (Å²) in [5, 5.41) is 2.80. The first kappa shape index (κ1) is 16.2. The standard InChI is InChI=1S/C17H19FN4O2/c1-21-7-6-19-16(21)15-13(9-14(23)22(15)2)17(24)20-10-11-4-3-5-12(18)8-11/h3-8,13,15H,9-10H2,1-2H3,(H,20,24)/t13-,15-/m0/s1. The van der Waals surface area contributed by atoms with Gasteiger partial charge in [0.25, 0.3) is 0 Å². The van der Waals surface area contributed by atoms with Gasteiger partial charge in [-0.15, -0.1) is 0 Å². The number of aromatic nitrogens is 2. The number of likely N-dealkylation sites (tertiary alicyclic amines) is 1. The van der Waals surface area contributed by atoms with Crippen molar-refractivity contribution in [1.29, 1.82) is 0 Å². The highest BCUT2D eigenvalue weighted by Gasteiger charge is 2.44. The van der Waals surface area contributed by atoms with Crippen LogP contribution in [-0.4, -0.2) is 33.3 Å². The number of carbonyl (C=O) groups excluding carboxylic acids is 2. The summed E-state index contributed by atoms with van der Waals surface area (Å²) in [6, 6.07) is 5.67. The normalized spacial score (nSPS) is 20.5. The Kier molecular flexibility index (Phi) is 4.33. The van der Waals surface area contributed by atoms with Crippen LogP contribution in [0.4, 0.5) is 4.39 Å².